The van der Waals surface area contributed by atoms with Gasteiger partial charge in [0.05, 0.1) is 0 Å². The van der Waals surface area contributed by atoms with Crippen molar-refractivity contribution in [1.29, 1.82) is 0 Å². The van der Waals surface area contributed by atoms with Crippen LogP contribution in [-0.4, -0.2) is 33.9 Å². The average molecular weight is 218 g/mol. The van der Waals surface area contributed by atoms with Crippen molar-refractivity contribution < 1.29 is 24.9 Å². The van der Waals surface area contributed by atoms with Gasteiger partial charge in [-0.2, -0.15) is 0 Å². The van der Waals surface area contributed by atoms with Crippen molar-refractivity contribution in [3.63, 3.8) is 0 Å². The third kappa shape index (κ3) is 4.29. The van der Waals surface area contributed by atoms with E-state index < -0.39 is 17.4 Å². The van der Waals surface area contributed by atoms with Crippen LogP contribution < -0.4 is 0 Å². The summed E-state index contributed by atoms with van der Waals surface area (Å²) in [6, 6.07) is 0. The highest BCUT2D eigenvalue weighted by atomic mass is 16.4. The Morgan fingerprint density at radius 3 is 1.87 bits per heavy atom. The summed E-state index contributed by atoms with van der Waals surface area (Å²) in [5.41, 5.74) is -1.68. The fourth-order valence-corrected chi connectivity index (χ4v) is 1.25. The summed E-state index contributed by atoms with van der Waals surface area (Å²) in [5, 5.41) is 26.1. The molecular formula is C10H18O5. The summed E-state index contributed by atoms with van der Waals surface area (Å²) in [4.78, 5) is 21.5. The van der Waals surface area contributed by atoms with Gasteiger partial charge in [0, 0.05) is 6.61 Å². The Bertz CT molecular complexity index is 210. The Morgan fingerprint density at radius 2 is 1.47 bits per heavy atom. The average Bonchev–Trinajstić information content (AvgIpc) is 2.16. The summed E-state index contributed by atoms with van der Waals surface area (Å²) in [6.45, 7) is 1.35. The molecule has 0 aliphatic rings. The van der Waals surface area contributed by atoms with Crippen LogP contribution in [0, 0.1) is 5.41 Å². The molecule has 0 aromatic rings. The Hall–Kier alpha value is -1.10. The van der Waals surface area contributed by atoms with E-state index in [-0.39, 0.29) is 13.0 Å². The Labute approximate surface area is 88.7 Å². The second kappa shape index (κ2) is 6.40. The molecule has 0 saturated carbocycles. The molecule has 0 heterocycles. The molecule has 0 rings (SSSR count). The number of aliphatic hydroxyl groups is 1. The number of unbranched alkanes of at least 4 members (excludes halogenated alkanes) is 3. The van der Waals surface area contributed by atoms with E-state index >= 15 is 0 Å². The van der Waals surface area contributed by atoms with E-state index in [4.69, 9.17) is 15.3 Å². The van der Waals surface area contributed by atoms with Gasteiger partial charge in [-0.1, -0.05) is 19.3 Å². The van der Waals surface area contributed by atoms with Crippen molar-refractivity contribution in [2.45, 2.75) is 39.0 Å². The topological polar surface area (TPSA) is 94.8 Å². The van der Waals surface area contributed by atoms with Crippen LogP contribution >= 0.6 is 0 Å². The van der Waals surface area contributed by atoms with Crippen molar-refractivity contribution in [3.8, 4) is 0 Å². The number of hydrogen-bond donors (Lipinski definition) is 3. The number of aliphatic carboxylic acids is 2. The van der Waals surface area contributed by atoms with Crippen LogP contribution in [0.4, 0.5) is 0 Å². The highest BCUT2D eigenvalue weighted by Crippen LogP contribution is 2.25. The highest BCUT2D eigenvalue weighted by Gasteiger charge is 2.40. The first-order valence-electron chi connectivity index (χ1n) is 5.03. The molecule has 0 fully saturated rings. The first kappa shape index (κ1) is 13.9. The molecule has 5 nitrogen and oxygen atoms in total. The minimum Gasteiger partial charge on any atom is -0.480 e. The number of hydrogen-bond acceptors (Lipinski definition) is 3. The van der Waals surface area contributed by atoms with Crippen LogP contribution in [-0.2, 0) is 9.59 Å². The minimum absolute atomic E-state index is 0.120. The predicted molar refractivity (Wildman–Crippen MR) is 53.5 cm³/mol. The van der Waals surface area contributed by atoms with Gasteiger partial charge in [0.15, 0.2) is 5.41 Å². The van der Waals surface area contributed by atoms with Gasteiger partial charge in [-0.15, -0.1) is 0 Å². The monoisotopic (exact) mass is 218 g/mol. The van der Waals surface area contributed by atoms with Gasteiger partial charge in [-0.3, -0.25) is 9.59 Å². The predicted octanol–water partition coefficient (Wildman–Crippen LogP) is 1.10. The van der Waals surface area contributed by atoms with Crippen LogP contribution in [0.25, 0.3) is 0 Å². The molecule has 0 bridgehead atoms. The zero-order chi connectivity index (χ0) is 11.9. The van der Waals surface area contributed by atoms with Crippen LogP contribution in [0.15, 0.2) is 0 Å². The molecule has 0 aromatic heterocycles. The summed E-state index contributed by atoms with van der Waals surface area (Å²) in [6.07, 6.45) is 2.90. The molecule has 0 unspecified atom stereocenters. The van der Waals surface area contributed by atoms with Gasteiger partial charge < -0.3 is 15.3 Å². The lowest BCUT2D eigenvalue weighted by Crippen LogP contribution is -2.36. The first-order valence-corrected chi connectivity index (χ1v) is 5.03. The van der Waals surface area contributed by atoms with Gasteiger partial charge >= 0.3 is 11.9 Å². The summed E-state index contributed by atoms with van der Waals surface area (Å²) >= 11 is 0. The van der Waals surface area contributed by atoms with E-state index in [1.165, 1.54) is 6.92 Å². The van der Waals surface area contributed by atoms with Crippen molar-refractivity contribution in [2.24, 2.45) is 5.41 Å². The molecule has 0 spiro atoms. The molecular weight excluding hydrogens is 200 g/mol. The number of carboxylic acid groups (broad SMARTS) is 2. The normalized spacial score (nSPS) is 11.3. The largest absolute Gasteiger partial charge is 0.480 e. The molecule has 0 radical (unpaired) electrons. The van der Waals surface area contributed by atoms with Gasteiger partial charge in [0.25, 0.3) is 0 Å². The maximum absolute atomic E-state index is 10.8. The molecule has 0 amide bonds. The van der Waals surface area contributed by atoms with E-state index in [1.54, 1.807) is 0 Å². The molecule has 5 heteroatoms. The van der Waals surface area contributed by atoms with E-state index in [9.17, 15) is 9.59 Å². The number of carbonyl (C=O) groups is 2. The molecule has 0 atom stereocenters. The lowest BCUT2D eigenvalue weighted by molar-refractivity contribution is -0.163. The first-order chi connectivity index (χ1) is 6.95. The van der Waals surface area contributed by atoms with Gasteiger partial charge in [-0.25, -0.2) is 0 Å². The molecule has 0 aliphatic heterocycles. The van der Waals surface area contributed by atoms with Gasteiger partial charge in [0.1, 0.15) is 0 Å². The summed E-state index contributed by atoms with van der Waals surface area (Å²) in [7, 11) is 0. The van der Waals surface area contributed by atoms with Crippen LogP contribution in [0.3, 0.4) is 0 Å². The summed E-state index contributed by atoms with van der Waals surface area (Å²) < 4.78 is 0. The van der Waals surface area contributed by atoms with Crippen molar-refractivity contribution in [3.05, 3.63) is 0 Å². The molecule has 0 aliphatic carbocycles. The van der Waals surface area contributed by atoms with E-state index in [0.29, 0.717) is 12.8 Å². The molecule has 88 valence electrons. The lowest BCUT2D eigenvalue weighted by atomic mass is 9.85. The second-order valence-electron chi connectivity index (χ2n) is 3.83. The van der Waals surface area contributed by atoms with E-state index in [1.807, 2.05) is 0 Å². The van der Waals surface area contributed by atoms with Gasteiger partial charge in [0.2, 0.25) is 0 Å². The van der Waals surface area contributed by atoms with Crippen LogP contribution in [0.5, 0.6) is 0 Å². The van der Waals surface area contributed by atoms with Crippen molar-refractivity contribution in [2.75, 3.05) is 6.61 Å². The maximum atomic E-state index is 10.8. The second-order valence-corrected chi connectivity index (χ2v) is 3.83. The zero-order valence-corrected chi connectivity index (χ0v) is 8.90. The Morgan fingerprint density at radius 1 is 1.00 bits per heavy atom. The number of aliphatic hydroxyl groups excluding tert-OH is 1. The standard InChI is InChI=1S/C10H18O5/c1-10(8(12)13,9(14)15)6-4-2-3-5-7-11/h11H,2-7H2,1H3,(H,12,13)(H,14,15). The van der Waals surface area contributed by atoms with Crippen LogP contribution in [0.1, 0.15) is 39.0 Å². The fraction of sp³-hybridized carbons (Fsp3) is 0.800. The maximum Gasteiger partial charge on any atom is 0.320 e. The highest BCUT2D eigenvalue weighted by molar-refractivity contribution is 5.97. The number of carboxylic acids is 2. The fourth-order valence-electron chi connectivity index (χ4n) is 1.25. The van der Waals surface area contributed by atoms with E-state index in [2.05, 4.69) is 0 Å². The zero-order valence-electron chi connectivity index (χ0n) is 8.90. The number of rotatable bonds is 8. The van der Waals surface area contributed by atoms with Crippen molar-refractivity contribution in [1.82, 2.24) is 0 Å². The smallest absolute Gasteiger partial charge is 0.320 e. The van der Waals surface area contributed by atoms with E-state index in [0.717, 1.165) is 12.8 Å². The SMILES string of the molecule is CC(CCCCCCO)(C(=O)O)C(=O)O. The minimum atomic E-state index is -1.68. The third-order valence-electron chi connectivity index (χ3n) is 2.53. The third-order valence-corrected chi connectivity index (χ3v) is 2.53. The van der Waals surface area contributed by atoms with Gasteiger partial charge in [-0.05, 0) is 19.8 Å². The molecule has 3 N–H and O–H groups in total. The molecule has 0 aromatic carbocycles. The molecule has 15 heavy (non-hydrogen) atoms. The Balaban J connectivity index is 3.99. The molecule has 0 saturated heterocycles. The lowest BCUT2D eigenvalue weighted by Gasteiger charge is -2.19. The quantitative estimate of drug-likeness (QED) is 0.419. The summed E-state index contributed by atoms with van der Waals surface area (Å²) in [5.74, 6) is -2.59. The Kier molecular flexibility index (Phi) is 5.93. The van der Waals surface area contributed by atoms with Crippen molar-refractivity contribution >= 4 is 11.9 Å². The van der Waals surface area contributed by atoms with Crippen LogP contribution in [0.2, 0.25) is 0 Å².